The molecule has 11 nitrogen and oxygen atoms in total. The molecule has 2 aromatic rings. The van der Waals surface area contributed by atoms with Crippen molar-refractivity contribution in [3.8, 4) is 11.5 Å². The van der Waals surface area contributed by atoms with Crippen molar-refractivity contribution in [2.24, 2.45) is 11.8 Å². The summed E-state index contributed by atoms with van der Waals surface area (Å²) in [4.78, 5) is 35.8. The zero-order valence-electron chi connectivity index (χ0n) is 26.7. The number of ether oxygens (including phenoxy) is 2. The molecule has 2 aliphatic heterocycles. The van der Waals surface area contributed by atoms with Gasteiger partial charge in [-0.3, -0.25) is 9.59 Å². The van der Waals surface area contributed by atoms with E-state index in [-0.39, 0.29) is 11.8 Å². The summed E-state index contributed by atoms with van der Waals surface area (Å²) < 4.78 is 10.4. The second-order valence-corrected chi connectivity index (χ2v) is 11.7. The number of anilines is 2. The van der Waals surface area contributed by atoms with Crippen LogP contribution in [-0.2, 0) is 4.79 Å². The molecule has 0 spiro atoms. The molecule has 0 saturated carbocycles. The maximum atomic E-state index is 12.4. The minimum Gasteiger partial charge on any atom is -0.496 e. The quantitative estimate of drug-likeness (QED) is 0.195. The first-order chi connectivity index (χ1) is 21.6. The van der Waals surface area contributed by atoms with Gasteiger partial charge in [-0.25, -0.2) is 0 Å². The highest BCUT2D eigenvalue weighted by atomic mass is 35.5. The number of amides is 2. The van der Waals surface area contributed by atoms with Gasteiger partial charge in [-0.15, -0.1) is 0 Å². The van der Waals surface area contributed by atoms with Crippen LogP contribution < -0.4 is 36.9 Å². The minimum atomic E-state index is -0.178. The Morgan fingerprint density at radius 1 is 0.867 bits per heavy atom. The smallest absolute Gasteiger partial charge is 0.255 e. The van der Waals surface area contributed by atoms with Crippen molar-refractivity contribution in [2.45, 2.75) is 39.5 Å². The van der Waals surface area contributed by atoms with E-state index >= 15 is 0 Å². The standard InChI is InChI=1S/C16H24ClN3O2.C14H20ClN3O2.C2H4O/c1-3-20-6-4-11(5-7-20)10-19-16(21)12-8-13(17)14(18)9-15(12)22-2;1-20-13-7-12(16)11(15)6-10(13)14(19)18-8-9-2-4-17-5-3-9;1-2-3/h8-9,11H,3-7,10,18H2,1-2H3,(H,19,21);6-7,9,17H,2-5,8,16H2,1H3,(H,18,19);2H,1H3. The molecule has 45 heavy (non-hydrogen) atoms. The Balaban J connectivity index is 0.000000289. The van der Waals surface area contributed by atoms with Crippen molar-refractivity contribution in [1.29, 1.82) is 0 Å². The number of nitrogens with two attached hydrogens (primary N) is 2. The number of likely N-dealkylation sites (tertiary alicyclic amines) is 1. The van der Waals surface area contributed by atoms with Crippen molar-refractivity contribution < 1.29 is 23.9 Å². The summed E-state index contributed by atoms with van der Waals surface area (Å²) in [5.74, 6) is 1.59. The average molecular weight is 668 g/mol. The van der Waals surface area contributed by atoms with Gasteiger partial charge in [0.15, 0.2) is 0 Å². The lowest BCUT2D eigenvalue weighted by Crippen LogP contribution is -2.38. The van der Waals surface area contributed by atoms with E-state index in [1.165, 1.54) is 21.1 Å². The van der Waals surface area contributed by atoms with Crippen LogP contribution >= 0.6 is 23.2 Å². The molecule has 0 radical (unpaired) electrons. The molecule has 2 aliphatic rings. The van der Waals surface area contributed by atoms with E-state index in [9.17, 15) is 9.59 Å². The Morgan fingerprint density at radius 2 is 1.27 bits per heavy atom. The van der Waals surface area contributed by atoms with Crippen LogP contribution in [0.2, 0.25) is 10.0 Å². The summed E-state index contributed by atoms with van der Waals surface area (Å²) >= 11 is 12.0. The third kappa shape index (κ3) is 12.2. The van der Waals surface area contributed by atoms with Crippen LogP contribution in [0.1, 0.15) is 60.2 Å². The predicted octanol–water partition coefficient (Wildman–Crippen LogP) is 4.26. The number of halogens is 2. The molecule has 2 saturated heterocycles. The van der Waals surface area contributed by atoms with Gasteiger partial charge in [-0.1, -0.05) is 30.1 Å². The molecule has 0 atom stereocenters. The maximum absolute atomic E-state index is 12.4. The Bertz CT molecular complexity index is 1250. The van der Waals surface area contributed by atoms with Crippen LogP contribution in [0.15, 0.2) is 24.3 Å². The number of nitrogens with zero attached hydrogens (tertiary/aromatic N) is 1. The third-order valence-corrected chi connectivity index (χ3v) is 8.50. The number of piperidine rings is 2. The largest absolute Gasteiger partial charge is 0.496 e. The lowest BCUT2D eigenvalue weighted by atomic mass is 9.96. The SMILES string of the molecule is CC=O.CCN1CCC(CNC(=O)c2cc(Cl)c(N)cc2OC)CC1.COc1cc(N)c(Cl)cc1C(=O)NCC1CCNCC1. The van der Waals surface area contributed by atoms with Gasteiger partial charge in [-0.2, -0.15) is 0 Å². The van der Waals surface area contributed by atoms with Crippen molar-refractivity contribution in [1.82, 2.24) is 20.9 Å². The topological polar surface area (TPSA) is 161 Å². The second kappa shape index (κ2) is 20.0. The number of hydrogen-bond donors (Lipinski definition) is 5. The van der Waals surface area contributed by atoms with Gasteiger partial charge >= 0.3 is 0 Å². The van der Waals surface area contributed by atoms with E-state index in [0.717, 1.165) is 64.7 Å². The number of carbonyl (C=O) groups is 3. The van der Waals surface area contributed by atoms with Gasteiger partial charge in [0.05, 0.1) is 46.8 Å². The number of nitrogen functional groups attached to an aromatic ring is 2. The van der Waals surface area contributed by atoms with Crippen LogP contribution in [0.4, 0.5) is 11.4 Å². The van der Waals surface area contributed by atoms with E-state index in [0.29, 0.717) is 69.0 Å². The molecular formula is C32H48Cl2N6O5. The molecular weight excluding hydrogens is 619 g/mol. The Hall–Kier alpha value is -3.25. The predicted molar refractivity (Wildman–Crippen MR) is 182 cm³/mol. The molecule has 0 aromatic heterocycles. The van der Waals surface area contributed by atoms with Gasteiger partial charge in [0.2, 0.25) is 0 Å². The second-order valence-electron chi connectivity index (χ2n) is 10.9. The van der Waals surface area contributed by atoms with E-state index < -0.39 is 0 Å². The molecule has 2 amide bonds. The van der Waals surface area contributed by atoms with Crippen molar-refractivity contribution in [2.75, 3.05) is 71.5 Å². The van der Waals surface area contributed by atoms with Crippen molar-refractivity contribution >= 4 is 52.7 Å². The highest BCUT2D eigenvalue weighted by Crippen LogP contribution is 2.30. The summed E-state index contributed by atoms with van der Waals surface area (Å²) in [5, 5.41) is 9.95. The number of nitrogens with one attached hydrogen (secondary N) is 3. The number of rotatable bonds is 9. The maximum Gasteiger partial charge on any atom is 0.255 e. The molecule has 13 heteroatoms. The fourth-order valence-electron chi connectivity index (χ4n) is 5.09. The van der Waals surface area contributed by atoms with Gasteiger partial charge in [0.1, 0.15) is 17.8 Å². The summed E-state index contributed by atoms with van der Waals surface area (Å²) in [6.45, 7) is 10.3. The first-order valence-electron chi connectivity index (χ1n) is 15.2. The number of aldehydes is 1. The third-order valence-electron chi connectivity index (χ3n) is 7.84. The van der Waals surface area contributed by atoms with E-state index in [1.807, 2.05) is 0 Å². The lowest BCUT2D eigenvalue weighted by molar-refractivity contribution is -0.106. The molecule has 2 heterocycles. The Morgan fingerprint density at radius 3 is 1.64 bits per heavy atom. The zero-order valence-corrected chi connectivity index (χ0v) is 28.2. The number of carbonyl (C=O) groups excluding carboxylic acids is 3. The van der Waals surface area contributed by atoms with Crippen LogP contribution in [0, 0.1) is 11.8 Å². The number of benzene rings is 2. The van der Waals surface area contributed by atoms with E-state index in [4.69, 9.17) is 48.9 Å². The average Bonchev–Trinajstić information content (AvgIpc) is 3.05. The highest BCUT2D eigenvalue weighted by Gasteiger charge is 2.21. The van der Waals surface area contributed by atoms with Crippen molar-refractivity contribution in [3.05, 3.63) is 45.4 Å². The Labute approximate surface area is 276 Å². The molecule has 0 bridgehead atoms. The van der Waals surface area contributed by atoms with Crippen molar-refractivity contribution in [3.63, 3.8) is 0 Å². The molecule has 2 fully saturated rings. The zero-order chi connectivity index (χ0) is 33.4. The summed E-state index contributed by atoms with van der Waals surface area (Å²) in [7, 11) is 3.02. The molecule has 4 rings (SSSR count). The number of hydrogen-bond acceptors (Lipinski definition) is 9. The summed E-state index contributed by atoms with van der Waals surface area (Å²) in [6.07, 6.45) is 5.15. The summed E-state index contributed by atoms with van der Waals surface area (Å²) in [6, 6.07) is 6.26. The van der Waals surface area contributed by atoms with Crippen LogP contribution in [-0.4, -0.2) is 83.0 Å². The fourth-order valence-corrected chi connectivity index (χ4v) is 5.42. The van der Waals surface area contributed by atoms with Crippen LogP contribution in [0.25, 0.3) is 0 Å². The number of methoxy groups -OCH3 is 2. The van der Waals surface area contributed by atoms with Gasteiger partial charge in [0, 0.05) is 25.2 Å². The monoisotopic (exact) mass is 666 g/mol. The Kier molecular flexibility index (Phi) is 16.9. The van der Waals surface area contributed by atoms with Gasteiger partial charge < -0.3 is 46.6 Å². The molecule has 250 valence electrons. The lowest BCUT2D eigenvalue weighted by Gasteiger charge is -2.31. The first-order valence-corrected chi connectivity index (χ1v) is 16.0. The molecule has 0 unspecified atom stereocenters. The van der Waals surface area contributed by atoms with Crippen LogP contribution in [0.5, 0.6) is 11.5 Å². The van der Waals surface area contributed by atoms with E-state index in [2.05, 4.69) is 27.8 Å². The highest BCUT2D eigenvalue weighted by molar-refractivity contribution is 6.34. The summed E-state index contributed by atoms with van der Waals surface area (Å²) in [5.41, 5.74) is 13.1. The molecule has 2 aromatic carbocycles. The molecule has 0 aliphatic carbocycles. The first kappa shape index (κ1) is 37.9. The minimum absolute atomic E-state index is 0.170. The molecule has 7 N–H and O–H groups in total. The fraction of sp³-hybridized carbons (Fsp3) is 0.531. The van der Waals surface area contributed by atoms with Crippen LogP contribution in [0.3, 0.4) is 0 Å². The van der Waals surface area contributed by atoms with E-state index in [1.54, 1.807) is 24.3 Å². The van der Waals surface area contributed by atoms with Gasteiger partial charge in [0.25, 0.3) is 11.8 Å². The normalized spacial score (nSPS) is 15.4. The van der Waals surface area contributed by atoms with Gasteiger partial charge in [-0.05, 0) is 89.3 Å².